The maximum absolute atomic E-state index is 5.53. The van der Waals surface area contributed by atoms with E-state index in [4.69, 9.17) is 15.2 Å². The molecule has 1 aromatic rings. The number of rotatable bonds is 4. The molecule has 1 rings (SSSR count). The van der Waals surface area contributed by atoms with Crippen LogP contribution in [-0.2, 0) is 6.54 Å². The number of methoxy groups -OCH3 is 1. The molecule has 0 amide bonds. The van der Waals surface area contributed by atoms with Crippen molar-refractivity contribution in [1.29, 1.82) is 0 Å². The zero-order valence-corrected chi connectivity index (χ0v) is 8.04. The lowest BCUT2D eigenvalue weighted by molar-refractivity contribution is 0.335. The molecule has 0 bridgehead atoms. The molecule has 0 aliphatic heterocycles. The fourth-order valence-electron chi connectivity index (χ4n) is 1.12. The number of ether oxygens (including phenoxy) is 2. The molecule has 3 heteroatoms. The third-order valence-electron chi connectivity index (χ3n) is 1.72. The summed E-state index contributed by atoms with van der Waals surface area (Å²) in [5.41, 5.74) is 6.54. The summed E-state index contributed by atoms with van der Waals surface area (Å²) in [4.78, 5) is 0. The Bertz CT molecular complexity index is 251. The summed E-state index contributed by atoms with van der Waals surface area (Å²) in [6.45, 7) is 3.09. The van der Waals surface area contributed by atoms with Gasteiger partial charge in [-0.25, -0.2) is 0 Å². The van der Waals surface area contributed by atoms with Gasteiger partial charge in [-0.3, -0.25) is 0 Å². The van der Waals surface area contributed by atoms with Crippen LogP contribution < -0.4 is 15.2 Å². The third-order valence-corrected chi connectivity index (χ3v) is 1.72. The molecule has 0 fully saturated rings. The summed E-state index contributed by atoms with van der Waals surface area (Å²) in [6, 6.07) is 5.68. The summed E-state index contributed by atoms with van der Waals surface area (Å²) >= 11 is 0. The Balaban J connectivity index is 2.93. The van der Waals surface area contributed by atoms with E-state index in [2.05, 4.69) is 0 Å². The zero-order chi connectivity index (χ0) is 9.68. The molecular weight excluding hydrogens is 166 g/mol. The van der Waals surface area contributed by atoms with Crippen LogP contribution in [0.1, 0.15) is 12.5 Å². The van der Waals surface area contributed by atoms with E-state index >= 15 is 0 Å². The standard InChI is InChI=1S/C10H15NO2/c1-3-13-10-5-8(7-11)4-9(6-10)12-2/h4-6H,3,7,11H2,1-2H3. The van der Waals surface area contributed by atoms with Gasteiger partial charge >= 0.3 is 0 Å². The molecule has 0 aliphatic carbocycles. The zero-order valence-electron chi connectivity index (χ0n) is 8.04. The van der Waals surface area contributed by atoms with Crippen LogP contribution in [0, 0.1) is 0 Å². The molecule has 2 N–H and O–H groups in total. The van der Waals surface area contributed by atoms with E-state index < -0.39 is 0 Å². The first kappa shape index (κ1) is 9.86. The second kappa shape index (κ2) is 4.72. The van der Waals surface area contributed by atoms with Crippen molar-refractivity contribution in [3.05, 3.63) is 23.8 Å². The Kier molecular flexibility index (Phi) is 3.58. The maximum atomic E-state index is 5.53. The minimum Gasteiger partial charge on any atom is -0.497 e. The monoisotopic (exact) mass is 181 g/mol. The predicted octanol–water partition coefficient (Wildman–Crippen LogP) is 1.55. The van der Waals surface area contributed by atoms with Gasteiger partial charge in [-0.05, 0) is 24.6 Å². The second-order valence-corrected chi connectivity index (χ2v) is 2.65. The van der Waals surface area contributed by atoms with E-state index in [0.29, 0.717) is 13.2 Å². The van der Waals surface area contributed by atoms with Crippen LogP contribution in [0.2, 0.25) is 0 Å². The molecule has 0 saturated carbocycles. The Labute approximate surface area is 78.5 Å². The van der Waals surface area contributed by atoms with E-state index in [1.807, 2.05) is 25.1 Å². The Morgan fingerprint density at radius 2 is 1.92 bits per heavy atom. The van der Waals surface area contributed by atoms with Gasteiger partial charge in [0.1, 0.15) is 11.5 Å². The number of nitrogens with two attached hydrogens (primary N) is 1. The molecular formula is C10H15NO2. The van der Waals surface area contributed by atoms with Crippen LogP contribution in [0.15, 0.2) is 18.2 Å². The number of hydrogen-bond donors (Lipinski definition) is 1. The van der Waals surface area contributed by atoms with Crippen LogP contribution in [0.3, 0.4) is 0 Å². The lowest BCUT2D eigenvalue weighted by Crippen LogP contribution is -1.99. The summed E-state index contributed by atoms with van der Waals surface area (Å²) in [5.74, 6) is 1.59. The fraction of sp³-hybridized carbons (Fsp3) is 0.400. The third kappa shape index (κ3) is 2.63. The predicted molar refractivity (Wildman–Crippen MR) is 52.1 cm³/mol. The van der Waals surface area contributed by atoms with Crippen LogP contribution in [0.4, 0.5) is 0 Å². The van der Waals surface area contributed by atoms with Crippen LogP contribution in [0.5, 0.6) is 11.5 Å². The lowest BCUT2D eigenvalue weighted by Gasteiger charge is -2.08. The molecule has 3 nitrogen and oxygen atoms in total. The van der Waals surface area contributed by atoms with E-state index in [-0.39, 0.29) is 0 Å². The highest BCUT2D eigenvalue weighted by atomic mass is 16.5. The van der Waals surface area contributed by atoms with E-state index in [1.165, 1.54) is 0 Å². The van der Waals surface area contributed by atoms with Gasteiger partial charge < -0.3 is 15.2 Å². The van der Waals surface area contributed by atoms with Gasteiger partial charge in [-0.1, -0.05) is 0 Å². The number of hydrogen-bond acceptors (Lipinski definition) is 3. The van der Waals surface area contributed by atoms with Gasteiger partial charge in [0.15, 0.2) is 0 Å². The fourth-order valence-corrected chi connectivity index (χ4v) is 1.12. The molecule has 0 aromatic heterocycles. The number of benzene rings is 1. The lowest BCUT2D eigenvalue weighted by atomic mass is 10.2. The normalized spacial score (nSPS) is 9.77. The minimum atomic E-state index is 0.497. The summed E-state index contributed by atoms with van der Waals surface area (Å²) < 4.78 is 10.5. The van der Waals surface area contributed by atoms with Gasteiger partial charge in [0, 0.05) is 12.6 Å². The van der Waals surface area contributed by atoms with Gasteiger partial charge in [0.2, 0.25) is 0 Å². The van der Waals surface area contributed by atoms with E-state index in [0.717, 1.165) is 17.1 Å². The Morgan fingerprint density at radius 1 is 1.23 bits per heavy atom. The van der Waals surface area contributed by atoms with Gasteiger partial charge in [0.05, 0.1) is 13.7 Å². The first-order chi connectivity index (χ1) is 6.30. The molecule has 0 saturated heterocycles. The highest BCUT2D eigenvalue weighted by Gasteiger charge is 2.00. The molecule has 0 heterocycles. The van der Waals surface area contributed by atoms with Crippen molar-refractivity contribution in [2.24, 2.45) is 5.73 Å². The first-order valence-corrected chi connectivity index (χ1v) is 4.31. The topological polar surface area (TPSA) is 44.5 Å². The summed E-state index contributed by atoms with van der Waals surface area (Å²) in [6.07, 6.45) is 0. The molecule has 0 aliphatic rings. The van der Waals surface area contributed by atoms with Crippen molar-refractivity contribution in [2.45, 2.75) is 13.5 Å². The molecule has 72 valence electrons. The molecule has 1 aromatic carbocycles. The first-order valence-electron chi connectivity index (χ1n) is 4.31. The van der Waals surface area contributed by atoms with Crippen molar-refractivity contribution < 1.29 is 9.47 Å². The van der Waals surface area contributed by atoms with Crippen molar-refractivity contribution in [3.63, 3.8) is 0 Å². The average Bonchev–Trinajstić information content (AvgIpc) is 2.17. The van der Waals surface area contributed by atoms with Crippen LogP contribution in [0.25, 0.3) is 0 Å². The average molecular weight is 181 g/mol. The van der Waals surface area contributed by atoms with Gasteiger partial charge in [-0.15, -0.1) is 0 Å². The molecule has 0 atom stereocenters. The van der Waals surface area contributed by atoms with E-state index in [9.17, 15) is 0 Å². The highest BCUT2D eigenvalue weighted by molar-refractivity contribution is 5.38. The van der Waals surface area contributed by atoms with Crippen LogP contribution >= 0.6 is 0 Å². The molecule has 13 heavy (non-hydrogen) atoms. The summed E-state index contributed by atoms with van der Waals surface area (Å²) in [5, 5.41) is 0. The Morgan fingerprint density at radius 3 is 2.46 bits per heavy atom. The van der Waals surface area contributed by atoms with Crippen molar-refractivity contribution >= 4 is 0 Å². The highest BCUT2D eigenvalue weighted by Crippen LogP contribution is 2.22. The smallest absolute Gasteiger partial charge is 0.123 e. The van der Waals surface area contributed by atoms with Gasteiger partial charge in [0.25, 0.3) is 0 Å². The SMILES string of the molecule is CCOc1cc(CN)cc(OC)c1. The van der Waals surface area contributed by atoms with Crippen molar-refractivity contribution in [3.8, 4) is 11.5 Å². The van der Waals surface area contributed by atoms with Crippen molar-refractivity contribution in [1.82, 2.24) is 0 Å². The van der Waals surface area contributed by atoms with Crippen molar-refractivity contribution in [2.75, 3.05) is 13.7 Å². The van der Waals surface area contributed by atoms with Crippen LogP contribution in [-0.4, -0.2) is 13.7 Å². The quantitative estimate of drug-likeness (QED) is 0.766. The largest absolute Gasteiger partial charge is 0.497 e. The van der Waals surface area contributed by atoms with Gasteiger partial charge in [-0.2, -0.15) is 0 Å². The molecule has 0 radical (unpaired) electrons. The minimum absolute atomic E-state index is 0.497. The summed E-state index contributed by atoms with van der Waals surface area (Å²) in [7, 11) is 1.63. The Hall–Kier alpha value is -1.22. The molecule has 0 spiro atoms. The maximum Gasteiger partial charge on any atom is 0.123 e. The second-order valence-electron chi connectivity index (χ2n) is 2.65. The molecule has 0 unspecified atom stereocenters. The van der Waals surface area contributed by atoms with E-state index in [1.54, 1.807) is 7.11 Å².